The largest absolute Gasteiger partial charge is 0.486 e. The smallest absolute Gasteiger partial charge is 0.226 e. The zero-order valence-corrected chi connectivity index (χ0v) is 15.4. The van der Waals surface area contributed by atoms with Gasteiger partial charge in [0.2, 0.25) is 5.91 Å². The van der Waals surface area contributed by atoms with Crippen molar-refractivity contribution in [3.05, 3.63) is 46.9 Å². The SMILES string of the molecule is C[C@@H](NC(=O)C1(C)CC1)c1cc2cc(Cl)c(OCc3ccon3)cc2[nH]1. The van der Waals surface area contributed by atoms with Crippen molar-refractivity contribution < 1.29 is 14.1 Å². The van der Waals surface area contributed by atoms with Crippen LogP contribution < -0.4 is 10.1 Å². The van der Waals surface area contributed by atoms with Crippen molar-refractivity contribution in [1.29, 1.82) is 0 Å². The second-order valence-corrected chi connectivity index (χ2v) is 7.54. The first-order valence-electron chi connectivity index (χ1n) is 8.60. The average molecular weight is 374 g/mol. The van der Waals surface area contributed by atoms with E-state index in [1.807, 2.05) is 32.0 Å². The number of aromatic nitrogens is 2. The molecule has 4 rings (SSSR count). The van der Waals surface area contributed by atoms with Crippen molar-refractivity contribution in [2.45, 2.75) is 39.3 Å². The molecule has 1 atom stereocenters. The van der Waals surface area contributed by atoms with Gasteiger partial charge >= 0.3 is 0 Å². The summed E-state index contributed by atoms with van der Waals surface area (Å²) in [7, 11) is 0. The summed E-state index contributed by atoms with van der Waals surface area (Å²) in [6.45, 7) is 4.25. The number of nitrogens with one attached hydrogen (secondary N) is 2. The minimum atomic E-state index is -0.189. The molecule has 3 aromatic rings. The monoisotopic (exact) mass is 373 g/mol. The molecule has 26 heavy (non-hydrogen) atoms. The van der Waals surface area contributed by atoms with Gasteiger partial charge in [-0.25, -0.2) is 0 Å². The molecule has 6 nitrogen and oxygen atoms in total. The van der Waals surface area contributed by atoms with E-state index < -0.39 is 0 Å². The fourth-order valence-electron chi connectivity index (χ4n) is 2.83. The Labute approximate surface area is 155 Å². The Balaban J connectivity index is 1.51. The number of carbonyl (C=O) groups is 1. The molecule has 136 valence electrons. The number of H-pyrrole nitrogens is 1. The zero-order chi connectivity index (χ0) is 18.3. The highest BCUT2D eigenvalue weighted by atomic mass is 35.5. The highest BCUT2D eigenvalue weighted by Gasteiger charge is 2.45. The van der Waals surface area contributed by atoms with Crippen LogP contribution in [0.25, 0.3) is 10.9 Å². The van der Waals surface area contributed by atoms with Gasteiger partial charge in [0.05, 0.1) is 11.1 Å². The summed E-state index contributed by atoms with van der Waals surface area (Å²) in [5.74, 6) is 0.677. The third kappa shape index (κ3) is 3.29. The number of fused-ring (bicyclic) bond motifs is 1. The molecule has 0 unspecified atom stereocenters. The molecule has 1 fully saturated rings. The zero-order valence-electron chi connectivity index (χ0n) is 14.6. The number of halogens is 1. The second-order valence-electron chi connectivity index (χ2n) is 7.13. The quantitative estimate of drug-likeness (QED) is 0.672. The van der Waals surface area contributed by atoms with Gasteiger partial charge in [-0.05, 0) is 31.9 Å². The maximum atomic E-state index is 12.3. The van der Waals surface area contributed by atoms with E-state index in [4.69, 9.17) is 20.9 Å². The summed E-state index contributed by atoms with van der Waals surface area (Å²) in [6.07, 6.45) is 3.42. The van der Waals surface area contributed by atoms with Gasteiger partial charge in [0.15, 0.2) is 0 Å². The summed E-state index contributed by atoms with van der Waals surface area (Å²) >= 11 is 6.33. The van der Waals surface area contributed by atoms with Crippen molar-refractivity contribution in [3.63, 3.8) is 0 Å². The van der Waals surface area contributed by atoms with Crippen LogP contribution in [0.5, 0.6) is 5.75 Å². The number of benzene rings is 1. The molecule has 0 bridgehead atoms. The first kappa shape index (κ1) is 17.0. The molecule has 2 N–H and O–H groups in total. The standard InChI is InChI=1S/C19H20ClN3O3/c1-11(21-18(24)19(2)4-5-19)15-8-12-7-14(20)17(9-16(12)22-15)25-10-13-3-6-26-23-13/h3,6-9,11,22H,4-5,10H2,1-2H3,(H,21,24)/t11-/m1/s1. The maximum Gasteiger partial charge on any atom is 0.226 e. The molecule has 0 radical (unpaired) electrons. The summed E-state index contributed by atoms with van der Waals surface area (Å²) in [5, 5.41) is 8.38. The van der Waals surface area contributed by atoms with Gasteiger partial charge in [0.25, 0.3) is 0 Å². The van der Waals surface area contributed by atoms with Crippen LogP contribution in [-0.4, -0.2) is 16.0 Å². The van der Waals surface area contributed by atoms with Crippen LogP contribution in [0.2, 0.25) is 5.02 Å². The number of rotatable bonds is 6. The number of nitrogens with zero attached hydrogens (tertiary/aromatic N) is 1. The summed E-state index contributed by atoms with van der Waals surface area (Å²) in [6, 6.07) is 7.35. The van der Waals surface area contributed by atoms with Gasteiger partial charge in [0.1, 0.15) is 24.3 Å². The Kier molecular flexibility index (Phi) is 4.15. The Morgan fingerprint density at radius 3 is 2.96 bits per heavy atom. The molecule has 7 heteroatoms. The van der Waals surface area contributed by atoms with E-state index in [-0.39, 0.29) is 24.0 Å². The fraction of sp³-hybridized carbons (Fsp3) is 0.368. The highest BCUT2D eigenvalue weighted by molar-refractivity contribution is 6.32. The molecule has 0 aliphatic heterocycles. The molecule has 1 aliphatic carbocycles. The highest BCUT2D eigenvalue weighted by Crippen LogP contribution is 2.45. The van der Waals surface area contributed by atoms with Gasteiger partial charge in [0, 0.05) is 34.1 Å². The van der Waals surface area contributed by atoms with Crippen molar-refractivity contribution >= 4 is 28.4 Å². The van der Waals surface area contributed by atoms with Gasteiger partial charge < -0.3 is 19.6 Å². The van der Waals surface area contributed by atoms with Gasteiger partial charge in [-0.15, -0.1) is 0 Å². The molecule has 2 aromatic heterocycles. The van der Waals surface area contributed by atoms with E-state index in [0.717, 1.165) is 29.4 Å². The van der Waals surface area contributed by atoms with E-state index in [0.29, 0.717) is 16.5 Å². The minimum absolute atomic E-state index is 0.106. The maximum absolute atomic E-state index is 12.3. The Bertz CT molecular complexity index is 945. The summed E-state index contributed by atoms with van der Waals surface area (Å²) < 4.78 is 10.5. The molecule has 1 saturated carbocycles. The van der Waals surface area contributed by atoms with Crippen molar-refractivity contribution in [1.82, 2.24) is 15.5 Å². The van der Waals surface area contributed by atoms with Gasteiger partial charge in [-0.3, -0.25) is 4.79 Å². The lowest BCUT2D eigenvalue weighted by Gasteiger charge is -2.15. The number of hydrogen-bond acceptors (Lipinski definition) is 4. The van der Waals surface area contributed by atoms with E-state index >= 15 is 0 Å². The summed E-state index contributed by atoms with van der Waals surface area (Å²) in [5.41, 5.74) is 2.34. The van der Waals surface area contributed by atoms with E-state index in [1.54, 1.807) is 6.07 Å². The Hall–Kier alpha value is -2.47. The molecular weight excluding hydrogens is 354 g/mol. The van der Waals surface area contributed by atoms with Crippen LogP contribution in [0.15, 0.2) is 35.1 Å². The number of ether oxygens (including phenoxy) is 1. The number of carbonyl (C=O) groups excluding carboxylic acids is 1. The Morgan fingerprint density at radius 1 is 1.46 bits per heavy atom. The molecule has 2 heterocycles. The lowest BCUT2D eigenvalue weighted by atomic mass is 10.1. The van der Waals surface area contributed by atoms with Crippen LogP contribution in [-0.2, 0) is 11.4 Å². The van der Waals surface area contributed by atoms with Crippen molar-refractivity contribution in [3.8, 4) is 5.75 Å². The normalized spacial score (nSPS) is 16.4. The minimum Gasteiger partial charge on any atom is -0.486 e. The molecule has 1 aliphatic rings. The fourth-order valence-corrected chi connectivity index (χ4v) is 3.05. The summed E-state index contributed by atoms with van der Waals surface area (Å²) in [4.78, 5) is 15.6. The molecule has 1 amide bonds. The first-order valence-corrected chi connectivity index (χ1v) is 8.98. The molecular formula is C19H20ClN3O3. The van der Waals surface area contributed by atoms with E-state index in [9.17, 15) is 4.79 Å². The van der Waals surface area contributed by atoms with Crippen molar-refractivity contribution in [2.24, 2.45) is 5.41 Å². The third-order valence-electron chi connectivity index (χ3n) is 4.92. The third-order valence-corrected chi connectivity index (χ3v) is 5.22. The van der Waals surface area contributed by atoms with Gasteiger partial charge in [-0.1, -0.05) is 23.7 Å². The number of aromatic amines is 1. The van der Waals surface area contributed by atoms with E-state index in [2.05, 4.69) is 15.5 Å². The number of hydrogen-bond donors (Lipinski definition) is 2. The van der Waals surface area contributed by atoms with Crippen LogP contribution in [0.1, 0.15) is 44.1 Å². The topological polar surface area (TPSA) is 80.2 Å². The molecule has 0 spiro atoms. The number of amides is 1. The average Bonchev–Trinajstić information content (AvgIpc) is 3.01. The second kappa shape index (κ2) is 6.36. The lowest BCUT2D eigenvalue weighted by Crippen LogP contribution is -2.32. The first-order chi connectivity index (χ1) is 12.4. The lowest BCUT2D eigenvalue weighted by molar-refractivity contribution is -0.126. The van der Waals surface area contributed by atoms with Crippen molar-refractivity contribution in [2.75, 3.05) is 0 Å². The Morgan fingerprint density at radius 2 is 2.27 bits per heavy atom. The predicted octanol–water partition coefficient (Wildman–Crippen LogP) is 4.37. The van der Waals surface area contributed by atoms with Crippen LogP contribution in [0.4, 0.5) is 0 Å². The molecule has 1 aromatic carbocycles. The molecule has 0 saturated heterocycles. The predicted molar refractivity (Wildman–Crippen MR) is 98.0 cm³/mol. The van der Waals surface area contributed by atoms with E-state index in [1.165, 1.54) is 6.26 Å². The van der Waals surface area contributed by atoms with Gasteiger partial charge in [-0.2, -0.15) is 0 Å². The van der Waals surface area contributed by atoms with Crippen LogP contribution in [0.3, 0.4) is 0 Å². The van der Waals surface area contributed by atoms with Crippen LogP contribution >= 0.6 is 11.6 Å². The van der Waals surface area contributed by atoms with Crippen LogP contribution in [0, 0.1) is 5.41 Å².